The topological polar surface area (TPSA) is 46.6 Å². The molecule has 0 bridgehead atoms. The van der Waals surface area contributed by atoms with Gasteiger partial charge in [-0.05, 0) is 124 Å². The second-order valence-corrected chi connectivity index (χ2v) is 21.3. The van der Waals surface area contributed by atoms with E-state index >= 15 is 0 Å². The molecule has 0 N–H and O–H groups in total. The number of rotatable bonds is 12. The third-order valence-electron chi connectivity index (χ3n) is 14.6. The number of allylic oxidation sites excluding steroid dienone is 7. The molecule has 14 rings (SSSR count). The molecule has 0 saturated carbocycles. The molecule has 7 nitrogen and oxygen atoms in total. The maximum absolute atomic E-state index is 5.88. The Labute approximate surface area is 444 Å². The molecule has 0 spiro atoms. The zero-order chi connectivity index (χ0) is 49.7. The van der Waals surface area contributed by atoms with E-state index < -0.39 is 0 Å². The number of benzene rings is 8. The standard InChI is InChI=1S/C66H51N3O4S2/c1-2-10-44(11-3-1)45-20-26-52(27-21-45)67(55-32-34-61-50(40-55)42-63(74-61)68(59-18-8-14-46-12-4-6-16-57(46)59)53-28-22-48(23-29-53)65-70-36-37-71-65)56-33-35-62-51(41-56)43-64(75-62)69(60-19-9-15-47-13-5-7-17-58(47)60)54-30-24-49(25-31-54)66-72-38-39-73-66/h1-35,40-43,46,57,65-66H,36-39H2. The Morgan fingerprint density at radius 1 is 0.387 bits per heavy atom. The van der Waals surface area contributed by atoms with Crippen LogP contribution < -0.4 is 14.7 Å². The first-order valence-electron chi connectivity index (χ1n) is 25.7. The summed E-state index contributed by atoms with van der Waals surface area (Å²) in [6.07, 6.45) is 15.1. The van der Waals surface area contributed by atoms with Crippen LogP contribution in [0.1, 0.15) is 23.7 Å². The van der Waals surface area contributed by atoms with Crippen LogP contribution in [0.4, 0.5) is 44.1 Å². The van der Waals surface area contributed by atoms with E-state index in [4.69, 9.17) is 18.9 Å². The summed E-state index contributed by atoms with van der Waals surface area (Å²) in [7, 11) is 0. The first kappa shape index (κ1) is 45.7. The SMILES string of the molecule is C1=CC2C=CC=C(N(c3ccc(C4OCCO4)cc3)c3cc4cc(N(c5ccc(-c6ccccc6)cc5)c5ccc6sc(N(c7ccc(C8OCCO8)cc7)c7cccc8ccccc78)cc6c5)ccc4s3)C2C=C1. The van der Waals surface area contributed by atoms with Crippen LogP contribution in [0.25, 0.3) is 42.1 Å². The maximum Gasteiger partial charge on any atom is 0.184 e. The van der Waals surface area contributed by atoms with Gasteiger partial charge < -0.3 is 33.6 Å². The summed E-state index contributed by atoms with van der Waals surface area (Å²) < 4.78 is 25.9. The second-order valence-electron chi connectivity index (χ2n) is 19.2. The molecule has 8 aromatic carbocycles. The van der Waals surface area contributed by atoms with Crippen molar-refractivity contribution in [2.24, 2.45) is 11.8 Å². The van der Waals surface area contributed by atoms with E-state index in [-0.39, 0.29) is 24.4 Å². The molecule has 9 heteroatoms. The highest BCUT2D eigenvalue weighted by Gasteiger charge is 2.30. The highest BCUT2D eigenvalue weighted by atomic mass is 32.1. The van der Waals surface area contributed by atoms with E-state index in [9.17, 15) is 0 Å². The molecule has 2 aromatic heterocycles. The Balaban J connectivity index is 0.871. The molecule has 2 aliphatic heterocycles. The van der Waals surface area contributed by atoms with E-state index in [1.54, 1.807) is 11.3 Å². The first-order valence-corrected chi connectivity index (χ1v) is 27.3. The number of thiophene rings is 2. The van der Waals surface area contributed by atoms with E-state index in [2.05, 4.69) is 251 Å². The molecule has 2 fully saturated rings. The highest BCUT2D eigenvalue weighted by molar-refractivity contribution is 7.23. The van der Waals surface area contributed by atoms with Crippen molar-refractivity contribution >= 4 is 97.7 Å². The van der Waals surface area contributed by atoms with Crippen molar-refractivity contribution in [1.29, 1.82) is 0 Å². The first-order chi connectivity index (χ1) is 37.1. The smallest absolute Gasteiger partial charge is 0.184 e. The van der Waals surface area contributed by atoms with Gasteiger partial charge in [-0.1, -0.05) is 140 Å². The Morgan fingerprint density at radius 3 is 1.55 bits per heavy atom. The Bertz CT molecular complexity index is 3820. The van der Waals surface area contributed by atoms with Gasteiger partial charge in [0.2, 0.25) is 0 Å². The predicted molar refractivity (Wildman–Crippen MR) is 310 cm³/mol. The van der Waals surface area contributed by atoms with Gasteiger partial charge in [0.15, 0.2) is 12.6 Å². The van der Waals surface area contributed by atoms with E-state index in [1.165, 1.54) is 47.8 Å². The fourth-order valence-electron chi connectivity index (χ4n) is 11.0. The number of nitrogens with zero attached hydrogens (tertiary/aromatic N) is 3. The predicted octanol–water partition coefficient (Wildman–Crippen LogP) is 17.9. The number of hydrogen-bond donors (Lipinski definition) is 0. The second kappa shape index (κ2) is 19.8. The van der Waals surface area contributed by atoms with Crippen LogP contribution in [-0.2, 0) is 18.9 Å². The zero-order valence-corrected chi connectivity index (χ0v) is 42.6. The normalized spacial score (nSPS) is 17.5. The van der Waals surface area contributed by atoms with Gasteiger partial charge in [0.1, 0.15) is 10.0 Å². The Morgan fingerprint density at radius 2 is 0.893 bits per heavy atom. The lowest BCUT2D eigenvalue weighted by Gasteiger charge is -2.35. The van der Waals surface area contributed by atoms with Crippen molar-refractivity contribution in [2.75, 3.05) is 41.1 Å². The number of anilines is 8. The maximum atomic E-state index is 5.88. The molecule has 4 heterocycles. The lowest BCUT2D eigenvalue weighted by Crippen LogP contribution is -2.27. The van der Waals surface area contributed by atoms with Gasteiger partial charge in [-0.3, -0.25) is 0 Å². The molecule has 4 aliphatic rings. The zero-order valence-electron chi connectivity index (χ0n) is 40.9. The van der Waals surface area contributed by atoms with Gasteiger partial charge in [0.05, 0.1) is 32.1 Å². The molecule has 0 radical (unpaired) electrons. The van der Waals surface area contributed by atoms with Gasteiger partial charge >= 0.3 is 0 Å². The van der Waals surface area contributed by atoms with Crippen molar-refractivity contribution in [3.63, 3.8) is 0 Å². The minimum Gasteiger partial charge on any atom is -0.346 e. The lowest BCUT2D eigenvalue weighted by molar-refractivity contribution is -0.0443. The molecule has 2 saturated heterocycles. The van der Waals surface area contributed by atoms with E-state index in [0.29, 0.717) is 26.4 Å². The number of ether oxygens (including phenoxy) is 4. The molecule has 10 aromatic rings. The van der Waals surface area contributed by atoms with Crippen LogP contribution in [0, 0.1) is 11.8 Å². The van der Waals surface area contributed by atoms with Crippen molar-refractivity contribution in [1.82, 2.24) is 0 Å². The summed E-state index contributed by atoms with van der Waals surface area (Å²) in [4.78, 5) is 7.25. The fraction of sp³-hybridized carbons (Fsp3) is 0.121. The summed E-state index contributed by atoms with van der Waals surface area (Å²) in [6.45, 7) is 2.43. The van der Waals surface area contributed by atoms with Crippen LogP contribution >= 0.6 is 22.7 Å². The molecular weight excluding hydrogens is 963 g/mol. The largest absolute Gasteiger partial charge is 0.346 e. The molecule has 2 unspecified atom stereocenters. The average Bonchev–Trinajstić information content (AvgIpc) is 4.34. The van der Waals surface area contributed by atoms with Crippen LogP contribution in [0.2, 0.25) is 0 Å². The number of fused-ring (bicyclic) bond motifs is 4. The monoisotopic (exact) mass is 1010 g/mol. The minimum atomic E-state index is -0.337. The summed E-state index contributed by atoms with van der Waals surface area (Å²) in [5.74, 6) is 0.493. The quantitative estimate of drug-likeness (QED) is 0.121. The molecule has 75 heavy (non-hydrogen) atoms. The summed E-state index contributed by atoms with van der Waals surface area (Å²) in [5, 5.41) is 7.00. The summed E-state index contributed by atoms with van der Waals surface area (Å²) in [6, 6.07) is 70.7. The van der Waals surface area contributed by atoms with Gasteiger partial charge in [-0.25, -0.2) is 0 Å². The third kappa shape index (κ3) is 8.77. The van der Waals surface area contributed by atoms with E-state index in [1.807, 2.05) is 11.3 Å². The molecular formula is C66H51N3O4S2. The Hall–Kier alpha value is -7.86. The van der Waals surface area contributed by atoms with Gasteiger partial charge in [-0.15, -0.1) is 22.7 Å². The van der Waals surface area contributed by atoms with Crippen molar-refractivity contribution in [3.8, 4) is 11.1 Å². The van der Waals surface area contributed by atoms with E-state index in [0.717, 1.165) is 55.3 Å². The van der Waals surface area contributed by atoms with Crippen LogP contribution in [0.3, 0.4) is 0 Å². The van der Waals surface area contributed by atoms with Crippen molar-refractivity contribution < 1.29 is 18.9 Å². The van der Waals surface area contributed by atoms with Crippen molar-refractivity contribution in [3.05, 3.63) is 253 Å². The highest BCUT2D eigenvalue weighted by Crippen LogP contribution is 2.49. The molecule has 2 aliphatic carbocycles. The van der Waals surface area contributed by atoms with Crippen LogP contribution in [-0.4, -0.2) is 26.4 Å². The average molecular weight is 1010 g/mol. The lowest BCUT2D eigenvalue weighted by atomic mass is 9.82. The van der Waals surface area contributed by atoms with Crippen LogP contribution in [0.15, 0.2) is 242 Å². The summed E-state index contributed by atoms with van der Waals surface area (Å²) in [5.41, 5.74) is 12.2. The fourth-order valence-corrected chi connectivity index (χ4v) is 13.2. The van der Waals surface area contributed by atoms with Crippen molar-refractivity contribution in [2.45, 2.75) is 12.6 Å². The molecule has 0 amide bonds. The van der Waals surface area contributed by atoms with Gasteiger partial charge in [0.25, 0.3) is 0 Å². The minimum absolute atomic E-state index is 0.204. The molecule has 2 atom stereocenters. The number of hydrogen-bond acceptors (Lipinski definition) is 9. The van der Waals surface area contributed by atoms with Gasteiger partial charge in [-0.2, -0.15) is 0 Å². The third-order valence-corrected chi connectivity index (χ3v) is 16.8. The molecule has 366 valence electrons. The van der Waals surface area contributed by atoms with Crippen LogP contribution in [0.5, 0.6) is 0 Å². The van der Waals surface area contributed by atoms with Gasteiger partial charge in [0, 0.05) is 71.9 Å². The Kier molecular flexibility index (Phi) is 12.1. The summed E-state index contributed by atoms with van der Waals surface area (Å²) >= 11 is 3.62.